The molecular weight excluding hydrogens is 241 g/mol. The van der Waals surface area contributed by atoms with E-state index in [0.717, 1.165) is 36.7 Å². The van der Waals surface area contributed by atoms with Crippen molar-refractivity contribution in [2.24, 2.45) is 0 Å². The Bertz CT molecular complexity index is 569. The van der Waals surface area contributed by atoms with Crippen LogP contribution in [0.5, 0.6) is 0 Å². The standard InChI is InChI=1S/C12H9ClFN3/c13-11-8-2-1-3-9(8)16-12(17-11)10-5-4-7(14)6-15-10/h4-6H,1-3H2. The lowest BCUT2D eigenvalue weighted by Crippen LogP contribution is -1.98. The zero-order valence-corrected chi connectivity index (χ0v) is 9.71. The highest BCUT2D eigenvalue weighted by Crippen LogP contribution is 2.28. The van der Waals surface area contributed by atoms with Crippen molar-refractivity contribution in [3.63, 3.8) is 0 Å². The van der Waals surface area contributed by atoms with Crippen molar-refractivity contribution < 1.29 is 4.39 Å². The Labute approximate surface area is 103 Å². The minimum Gasteiger partial charge on any atom is -0.250 e. The summed E-state index contributed by atoms with van der Waals surface area (Å²) < 4.78 is 12.8. The highest BCUT2D eigenvalue weighted by molar-refractivity contribution is 6.30. The lowest BCUT2D eigenvalue weighted by molar-refractivity contribution is 0.621. The van der Waals surface area contributed by atoms with Gasteiger partial charge in [-0.3, -0.25) is 0 Å². The summed E-state index contributed by atoms with van der Waals surface area (Å²) in [5.74, 6) is 0.0941. The van der Waals surface area contributed by atoms with Gasteiger partial charge in [0, 0.05) is 11.3 Å². The van der Waals surface area contributed by atoms with E-state index >= 15 is 0 Å². The van der Waals surface area contributed by atoms with E-state index in [4.69, 9.17) is 11.6 Å². The summed E-state index contributed by atoms with van der Waals surface area (Å²) in [5, 5.41) is 0.494. The maximum Gasteiger partial charge on any atom is 0.179 e. The van der Waals surface area contributed by atoms with Crippen LogP contribution in [0.4, 0.5) is 4.39 Å². The highest BCUT2D eigenvalue weighted by atomic mass is 35.5. The quantitative estimate of drug-likeness (QED) is 0.730. The summed E-state index contributed by atoms with van der Waals surface area (Å²) in [6, 6.07) is 2.90. The second-order valence-corrected chi connectivity index (χ2v) is 4.34. The molecule has 0 N–H and O–H groups in total. The predicted octanol–water partition coefficient (Wildman–Crippen LogP) is 2.82. The van der Waals surface area contributed by atoms with Gasteiger partial charge in [0.1, 0.15) is 16.7 Å². The number of aromatic nitrogens is 3. The van der Waals surface area contributed by atoms with E-state index in [9.17, 15) is 4.39 Å². The van der Waals surface area contributed by atoms with Gasteiger partial charge in [0.25, 0.3) is 0 Å². The van der Waals surface area contributed by atoms with Crippen LogP contribution < -0.4 is 0 Å². The fourth-order valence-electron chi connectivity index (χ4n) is 2.01. The van der Waals surface area contributed by atoms with Crippen LogP contribution >= 0.6 is 11.6 Å². The molecule has 86 valence electrons. The molecule has 0 spiro atoms. The summed E-state index contributed by atoms with van der Waals surface area (Å²) in [6.07, 6.45) is 4.07. The summed E-state index contributed by atoms with van der Waals surface area (Å²) in [7, 11) is 0. The first-order valence-corrected chi connectivity index (χ1v) is 5.79. The molecule has 0 saturated carbocycles. The molecule has 5 heteroatoms. The molecule has 3 rings (SSSR count). The van der Waals surface area contributed by atoms with Gasteiger partial charge in [0.15, 0.2) is 5.82 Å². The molecule has 1 aliphatic carbocycles. The Morgan fingerprint density at radius 2 is 2.06 bits per heavy atom. The van der Waals surface area contributed by atoms with Gasteiger partial charge in [-0.2, -0.15) is 0 Å². The number of hydrogen-bond acceptors (Lipinski definition) is 3. The molecule has 0 aromatic carbocycles. The Morgan fingerprint density at radius 3 is 2.82 bits per heavy atom. The van der Waals surface area contributed by atoms with Crippen molar-refractivity contribution in [1.82, 2.24) is 15.0 Å². The maximum atomic E-state index is 12.8. The van der Waals surface area contributed by atoms with Crippen molar-refractivity contribution >= 4 is 11.6 Å². The molecule has 2 aromatic rings. The largest absolute Gasteiger partial charge is 0.250 e. The van der Waals surface area contributed by atoms with Crippen LogP contribution in [-0.2, 0) is 12.8 Å². The van der Waals surface area contributed by atoms with Gasteiger partial charge in [-0.1, -0.05) is 11.6 Å². The van der Waals surface area contributed by atoms with Crippen molar-refractivity contribution in [1.29, 1.82) is 0 Å². The van der Waals surface area contributed by atoms with Gasteiger partial charge in [0.05, 0.1) is 6.20 Å². The average Bonchev–Trinajstić information content (AvgIpc) is 2.78. The lowest BCUT2D eigenvalue weighted by Gasteiger charge is -2.04. The second-order valence-electron chi connectivity index (χ2n) is 3.98. The first kappa shape index (κ1) is 10.6. The van der Waals surface area contributed by atoms with Gasteiger partial charge in [0.2, 0.25) is 0 Å². The van der Waals surface area contributed by atoms with Crippen molar-refractivity contribution in [3.05, 3.63) is 40.6 Å². The van der Waals surface area contributed by atoms with Crippen LogP contribution in [0.3, 0.4) is 0 Å². The molecule has 0 aliphatic heterocycles. The minimum absolute atomic E-state index is 0.374. The molecule has 3 nitrogen and oxygen atoms in total. The van der Waals surface area contributed by atoms with Gasteiger partial charge < -0.3 is 0 Å². The van der Waals surface area contributed by atoms with E-state index in [1.807, 2.05) is 0 Å². The number of rotatable bonds is 1. The molecule has 0 atom stereocenters. The van der Waals surface area contributed by atoms with E-state index in [2.05, 4.69) is 15.0 Å². The minimum atomic E-state index is -0.374. The van der Waals surface area contributed by atoms with E-state index in [1.165, 1.54) is 6.07 Å². The molecule has 17 heavy (non-hydrogen) atoms. The number of hydrogen-bond donors (Lipinski definition) is 0. The van der Waals surface area contributed by atoms with E-state index in [-0.39, 0.29) is 5.82 Å². The van der Waals surface area contributed by atoms with Crippen LogP contribution in [0.25, 0.3) is 11.5 Å². The third-order valence-electron chi connectivity index (χ3n) is 2.84. The summed E-state index contributed by atoms with van der Waals surface area (Å²) in [5.41, 5.74) is 2.58. The zero-order valence-electron chi connectivity index (χ0n) is 8.95. The van der Waals surface area contributed by atoms with Crippen LogP contribution in [0, 0.1) is 5.82 Å². The fraction of sp³-hybridized carbons (Fsp3) is 0.250. The summed E-state index contributed by atoms with van der Waals surface area (Å²) in [6.45, 7) is 0. The fourth-order valence-corrected chi connectivity index (χ4v) is 2.29. The van der Waals surface area contributed by atoms with Gasteiger partial charge in [-0.15, -0.1) is 0 Å². The summed E-state index contributed by atoms with van der Waals surface area (Å²) >= 11 is 6.10. The smallest absolute Gasteiger partial charge is 0.179 e. The van der Waals surface area contributed by atoms with Crippen molar-refractivity contribution in [2.75, 3.05) is 0 Å². The monoisotopic (exact) mass is 249 g/mol. The van der Waals surface area contributed by atoms with Gasteiger partial charge >= 0.3 is 0 Å². The Kier molecular flexibility index (Phi) is 2.52. The number of nitrogens with zero attached hydrogens (tertiary/aromatic N) is 3. The predicted molar refractivity (Wildman–Crippen MR) is 62.3 cm³/mol. The summed E-state index contributed by atoms with van der Waals surface area (Å²) in [4.78, 5) is 12.6. The molecule has 2 aromatic heterocycles. The molecule has 0 fully saturated rings. The first-order chi connectivity index (χ1) is 8.24. The molecule has 0 radical (unpaired) electrons. The molecule has 0 saturated heterocycles. The van der Waals surface area contributed by atoms with E-state index < -0.39 is 0 Å². The maximum absolute atomic E-state index is 12.8. The number of halogens is 2. The van der Waals surface area contributed by atoms with Crippen molar-refractivity contribution in [2.45, 2.75) is 19.3 Å². The molecule has 2 heterocycles. The normalized spacial score (nSPS) is 13.8. The lowest BCUT2D eigenvalue weighted by atomic mass is 10.2. The van der Waals surface area contributed by atoms with Crippen LogP contribution in [0.1, 0.15) is 17.7 Å². The highest BCUT2D eigenvalue weighted by Gasteiger charge is 2.19. The van der Waals surface area contributed by atoms with Crippen LogP contribution in [-0.4, -0.2) is 15.0 Å². The SMILES string of the molecule is Fc1ccc(-c2nc(Cl)c3c(n2)CCC3)nc1. The molecule has 1 aliphatic rings. The Hall–Kier alpha value is -1.55. The van der Waals surface area contributed by atoms with Gasteiger partial charge in [-0.05, 0) is 31.4 Å². The molecule has 0 amide bonds. The van der Waals surface area contributed by atoms with Crippen LogP contribution in [0.2, 0.25) is 5.15 Å². The van der Waals surface area contributed by atoms with Crippen molar-refractivity contribution in [3.8, 4) is 11.5 Å². The van der Waals surface area contributed by atoms with E-state index in [1.54, 1.807) is 6.07 Å². The van der Waals surface area contributed by atoms with Crippen LogP contribution in [0.15, 0.2) is 18.3 Å². The Balaban J connectivity index is 2.10. The Morgan fingerprint density at radius 1 is 1.18 bits per heavy atom. The molecule has 0 bridgehead atoms. The zero-order chi connectivity index (χ0) is 11.8. The first-order valence-electron chi connectivity index (χ1n) is 5.41. The molecular formula is C12H9ClFN3. The number of pyridine rings is 1. The molecule has 0 unspecified atom stereocenters. The average molecular weight is 250 g/mol. The number of fused-ring (bicyclic) bond motifs is 1. The third-order valence-corrected chi connectivity index (χ3v) is 3.15. The third kappa shape index (κ3) is 1.89. The topological polar surface area (TPSA) is 38.7 Å². The van der Waals surface area contributed by atoms with Gasteiger partial charge in [-0.25, -0.2) is 19.3 Å². The number of aryl methyl sites for hydroxylation is 1. The van der Waals surface area contributed by atoms with E-state index in [0.29, 0.717) is 16.7 Å². The second kappa shape index (κ2) is 4.04.